The largest absolute Gasteiger partial charge is 0.416 e. The van der Waals surface area contributed by atoms with Gasteiger partial charge >= 0.3 is 6.18 Å². The van der Waals surface area contributed by atoms with Gasteiger partial charge in [-0.15, -0.1) is 0 Å². The van der Waals surface area contributed by atoms with Crippen LogP contribution in [-0.4, -0.2) is 18.4 Å². The number of halogens is 5. The van der Waals surface area contributed by atoms with E-state index in [4.69, 9.17) is 11.6 Å². The summed E-state index contributed by atoms with van der Waals surface area (Å²) in [5.41, 5.74) is -0.524. The van der Waals surface area contributed by atoms with E-state index in [0.29, 0.717) is 5.69 Å². The molecule has 2 amide bonds. The van der Waals surface area contributed by atoms with Gasteiger partial charge in [-0.05, 0) is 29.8 Å². The molecular weight excluding hydrogens is 400 g/mol. The van der Waals surface area contributed by atoms with Gasteiger partial charge < -0.3 is 10.2 Å². The average molecular weight is 415 g/mol. The maximum absolute atomic E-state index is 13.3. The number of anilines is 1. The Labute approximate surface area is 163 Å². The SMILES string of the molecule is O=C(NCc1ccccc1C(F)(F)F)C1CC(=O)N(c2ccc(F)c(Cl)c2)C1. The Morgan fingerprint density at radius 3 is 2.61 bits per heavy atom. The van der Waals surface area contributed by atoms with E-state index in [-0.39, 0.29) is 36.0 Å². The lowest BCUT2D eigenvalue weighted by Gasteiger charge is -2.17. The topological polar surface area (TPSA) is 49.4 Å². The first kappa shape index (κ1) is 20.1. The van der Waals surface area contributed by atoms with Crippen LogP contribution in [0, 0.1) is 11.7 Å². The third-order valence-corrected chi connectivity index (χ3v) is 4.78. The molecule has 3 rings (SSSR count). The van der Waals surface area contributed by atoms with Crippen molar-refractivity contribution >= 4 is 29.1 Å². The second-order valence-electron chi connectivity index (χ2n) is 6.38. The average Bonchev–Trinajstić information content (AvgIpc) is 3.03. The molecule has 1 saturated heterocycles. The highest BCUT2D eigenvalue weighted by atomic mass is 35.5. The van der Waals surface area contributed by atoms with Gasteiger partial charge in [0.2, 0.25) is 11.8 Å². The van der Waals surface area contributed by atoms with Gasteiger partial charge in [-0.1, -0.05) is 29.8 Å². The fraction of sp³-hybridized carbons (Fsp3) is 0.263. The summed E-state index contributed by atoms with van der Waals surface area (Å²) in [7, 11) is 0. The number of benzene rings is 2. The van der Waals surface area contributed by atoms with Crippen molar-refractivity contribution in [3.05, 3.63) is 64.4 Å². The number of carbonyl (C=O) groups excluding carboxylic acids is 2. The third-order valence-electron chi connectivity index (χ3n) is 4.49. The van der Waals surface area contributed by atoms with E-state index < -0.39 is 29.4 Å². The predicted molar refractivity (Wildman–Crippen MR) is 95.2 cm³/mol. The summed E-state index contributed by atoms with van der Waals surface area (Å²) in [4.78, 5) is 25.9. The number of carbonyl (C=O) groups is 2. The molecule has 1 N–H and O–H groups in total. The first-order chi connectivity index (χ1) is 13.2. The highest BCUT2D eigenvalue weighted by molar-refractivity contribution is 6.31. The first-order valence-electron chi connectivity index (χ1n) is 8.35. The van der Waals surface area contributed by atoms with Crippen molar-refractivity contribution in [3.8, 4) is 0 Å². The Kier molecular flexibility index (Phi) is 5.60. The minimum absolute atomic E-state index is 0.0353. The molecular formula is C19H15ClF4N2O2. The molecule has 2 aromatic carbocycles. The summed E-state index contributed by atoms with van der Waals surface area (Å²) < 4.78 is 52.4. The van der Waals surface area contributed by atoms with Crippen LogP contribution in [0.15, 0.2) is 42.5 Å². The summed E-state index contributed by atoms with van der Waals surface area (Å²) >= 11 is 5.72. The van der Waals surface area contributed by atoms with Crippen LogP contribution in [0.5, 0.6) is 0 Å². The summed E-state index contributed by atoms with van der Waals surface area (Å²) in [5.74, 6) is -2.23. The molecule has 1 fully saturated rings. The van der Waals surface area contributed by atoms with Gasteiger partial charge in [0.05, 0.1) is 16.5 Å². The molecule has 148 valence electrons. The molecule has 1 atom stereocenters. The zero-order chi connectivity index (χ0) is 20.5. The molecule has 0 spiro atoms. The molecule has 9 heteroatoms. The summed E-state index contributed by atoms with van der Waals surface area (Å²) in [5, 5.41) is 2.31. The van der Waals surface area contributed by atoms with Gasteiger partial charge in [-0.25, -0.2) is 4.39 Å². The number of hydrogen-bond donors (Lipinski definition) is 1. The fourth-order valence-electron chi connectivity index (χ4n) is 3.06. The van der Waals surface area contributed by atoms with Crippen LogP contribution in [0.25, 0.3) is 0 Å². The lowest BCUT2D eigenvalue weighted by atomic mass is 10.1. The van der Waals surface area contributed by atoms with Crippen LogP contribution >= 0.6 is 11.6 Å². The second kappa shape index (κ2) is 7.79. The van der Waals surface area contributed by atoms with E-state index in [0.717, 1.165) is 12.1 Å². The number of rotatable bonds is 4. The molecule has 1 aliphatic rings. The molecule has 1 unspecified atom stereocenters. The lowest BCUT2D eigenvalue weighted by molar-refractivity contribution is -0.138. The van der Waals surface area contributed by atoms with Crippen LogP contribution in [0.4, 0.5) is 23.2 Å². The van der Waals surface area contributed by atoms with Crippen LogP contribution in [0.1, 0.15) is 17.5 Å². The van der Waals surface area contributed by atoms with Gasteiger partial charge in [-0.3, -0.25) is 9.59 Å². The monoisotopic (exact) mass is 414 g/mol. The highest BCUT2D eigenvalue weighted by Gasteiger charge is 2.36. The number of nitrogens with one attached hydrogen (secondary N) is 1. The Balaban J connectivity index is 1.66. The van der Waals surface area contributed by atoms with E-state index in [1.165, 1.54) is 35.2 Å². The van der Waals surface area contributed by atoms with E-state index in [9.17, 15) is 27.2 Å². The van der Waals surface area contributed by atoms with Crippen molar-refractivity contribution < 1.29 is 27.2 Å². The van der Waals surface area contributed by atoms with Crippen molar-refractivity contribution in [3.63, 3.8) is 0 Å². The molecule has 0 saturated carbocycles. The van der Waals surface area contributed by atoms with Gasteiger partial charge in [-0.2, -0.15) is 13.2 Å². The summed E-state index contributed by atoms with van der Waals surface area (Å²) in [6, 6.07) is 8.74. The van der Waals surface area contributed by atoms with Gasteiger partial charge in [0.15, 0.2) is 0 Å². The van der Waals surface area contributed by atoms with E-state index in [1.807, 2.05) is 0 Å². The Morgan fingerprint density at radius 1 is 1.21 bits per heavy atom. The minimum Gasteiger partial charge on any atom is -0.352 e. The van der Waals surface area contributed by atoms with Crippen LogP contribution in [-0.2, 0) is 22.3 Å². The maximum Gasteiger partial charge on any atom is 0.416 e. The normalized spacial score (nSPS) is 17.1. The smallest absolute Gasteiger partial charge is 0.352 e. The molecule has 1 aliphatic heterocycles. The molecule has 1 heterocycles. The number of alkyl halides is 3. The van der Waals surface area contributed by atoms with Gasteiger partial charge in [0.1, 0.15) is 5.82 Å². The summed E-state index contributed by atoms with van der Waals surface area (Å²) in [6.07, 6.45) is -4.62. The van der Waals surface area contributed by atoms with E-state index in [2.05, 4.69) is 5.32 Å². The molecule has 0 aliphatic carbocycles. The number of hydrogen-bond acceptors (Lipinski definition) is 2. The molecule has 0 aromatic heterocycles. The highest BCUT2D eigenvalue weighted by Crippen LogP contribution is 2.32. The lowest BCUT2D eigenvalue weighted by Crippen LogP contribution is -2.33. The Morgan fingerprint density at radius 2 is 1.93 bits per heavy atom. The van der Waals surface area contributed by atoms with Crippen LogP contribution < -0.4 is 10.2 Å². The fourth-order valence-corrected chi connectivity index (χ4v) is 3.24. The third kappa shape index (κ3) is 4.27. The summed E-state index contributed by atoms with van der Waals surface area (Å²) in [6.45, 7) is -0.269. The van der Waals surface area contributed by atoms with Crippen LogP contribution in [0.3, 0.4) is 0 Å². The second-order valence-corrected chi connectivity index (χ2v) is 6.78. The Bertz CT molecular complexity index is 917. The van der Waals surface area contributed by atoms with Crippen molar-refractivity contribution in [1.82, 2.24) is 5.32 Å². The molecule has 0 bridgehead atoms. The van der Waals surface area contributed by atoms with Gasteiger partial charge in [0.25, 0.3) is 0 Å². The molecule has 0 radical (unpaired) electrons. The first-order valence-corrected chi connectivity index (χ1v) is 8.73. The van der Waals surface area contributed by atoms with Crippen molar-refractivity contribution in [1.29, 1.82) is 0 Å². The van der Waals surface area contributed by atoms with Crippen molar-refractivity contribution in [2.75, 3.05) is 11.4 Å². The standard InChI is InChI=1S/C19H15ClF4N2O2/c20-15-8-13(5-6-16(15)21)26-10-12(7-17(26)27)18(28)25-9-11-3-1-2-4-14(11)19(22,23)24/h1-6,8,12H,7,9-10H2,(H,25,28). The molecule has 2 aromatic rings. The zero-order valence-corrected chi connectivity index (χ0v) is 15.1. The zero-order valence-electron chi connectivity index (χ0n) is 14.4. The molecule has 28 heavy (non-hydrogen) atoms. The number of nitrogens with zero attached hydrogens (tertiary/aromatic N) is 1. The minimum atomic E-state index is -4.52. The van der Waals surface area contributed by atoms with E-state index >= 15 is 0 Å². The van der Waals surface area contributed by atoms with Crippen molar-refractivity contribution in [2.45, 2.75) is 19.1 Å². The Hall–Kier alpha value is -2.61. The number of amides is 2. The maximum atomic E-state index is 13.3. The quantitative estimate of drug-likeness (QED) is 0.763. The van der Waals surface area contributed by atoms with Crippen LogP contribution in [0.2, 0.25) is 5.02 Å². The van der Waals surface area contributed by atoms with E-state index in [1.54, 1.807) is 0 Å². The van der Waals surface area contributed by atoms with Gasteiger partial charge in [0, 0.05) is 25.2 Å². The predicted octanol–water partition coefficient (Wildman–Crippen LogP) is 4.17. The molecule has 4 nitrogen and oxygen atoms in total. The van der Waals surface area contributed by atoms with Crippen molar-refractivity contribution in [2.24, 2.45) is 5.92 Å².